The number of nitrogen functional groups attached to an aromatic ring is 1. The van der Waals surface area contributed by atoms with Gasteiger partial charge in [0.15, 0.2) is 0 Å². The lowest BCUT2D eigenvalue weighted by atomic mass is 9.78. The van der Waals surface area contributed by atoms with Crippen molar-refractivity contribution in [1.82, 2.24) is 0 Å². The van der Waals surface area contributed by atoms with Crippen LogP contribution in [0.2, 0.25) is 5.02 Å². The summed E-state index contributed by atoms with van der Waals surface area (Å²) in [5.41, 5.74) is 8.79. The highest BCUT2D eigenvalue weighted by molar-refractivity contribution is 9.10. The highest BCUT2D eigenvalue weighted by Gasteiger charge is 2.23. The van der Waals surface area contributed by atoms with E-state index in [9.17, 15) is 0 Å². The Morgan fingerprint density at radius 2 is 1.61 bits per heavy atom. The zero-order valence-corrected chi connectivity index (χ0v) is 12.7. The minimum absolute atomic E-state index is 0.125. The molecule has 18 heavy (non-hydrogen) atoms. The van der Waals surface area contributed by atoms with Crippen LogP contribution < -0.4 is 5.73 Å². The van der Waals surface area contributed by atoms with Gasteiger partial charge in [-0.2, -0.15) is 0 Å². The van der Waals surface area contributed by atoms with Gasteiger partial charge in [-0.25, -0.2) is 0 Å². The quantitative estimate of drug-likeness (QED) is 0.772. The molecule has 2 rings (SSSR count). The van der Waals surface area contributed by atoms with Crippen molar-refractivity contribution < 1.29 is 0 Å². The van der Waals surface area contributed by atoms with E-state index in [2.05, 4.69) is 41.9 Å². The molecular weight excluding hydrogens is 310 g/mol. The summed E-state index contributed by atoms with van der Waals surface area (Å²) in [6.45, 7) is 4.34. The van der Waals surface area contributed by atoms with Gasteiger partial charge in [-0.1, -0.05) is 53.5 Å². The van der Waals surface area contributed by atoms with Crippen molar-refractivity contribution in [2.24, 2.45) is 0 Å². The highest BCUT2D eigenvalue weighted by Crippen LogP contribution is 2.34. The maximum absolute atomic E-state index is 6.08. The molecule has 0 unspecified atom stereocenters. The number of halogens is 2. The number of anilines is 1. The molecule has 0 fully saturated rings. The van der Waals surface area contributed by atoms with E-state index in [1.165, 1.54) is 5.56 Å². The van der Waals surface area contributed by atoms with Crippen molar-refractivity contribution in [3.8, 4) is 0 Å². The molecule has 1 nitrogen and oxygen atoms in total. The second-order valence-corrected chi connectivity index (χ2v) is 6.26. The summed E-state index contributed by atoms with van der Waals surface area (Å²) < 4.78 is 1.08. The minimum atomic E-state index is -0.125. The van der Waals surface area contributed by atoms with E-state index in [-0.39, 0.29) is 5.41 Å². The smallest absolute Gasteiger partial charge is 0.0429 e. The number of nitrogens with two attached hydrogens (primary N) is 1. The summed E-state index contributed by atoms with van der Waals surface area (Å²) in [5.74, 6) is 0. The molecule has 0 atom stereocenters. The molecule has 2 N–H and O–H groups in total. The van der Waals surface area contributed by atoms with Crippen LogP contribution >= 0.6 is 27.5 Å². The lowest BCUT2D eigenvalue weighted by molar-refractivity contribution is 0.641. The SMILES string of the molecule is CC(C)(c1ccc(Br)cc1)c1cc(N)cc(Cl)c1. The van der Waals surface area contributed by atoms with Crippen LogP contribution in [0.3, 0.4) is 0 Å². The number of benzene rings is 2. The first-order valence-corrected chi connectivity index (χ1v) is 6.89. The molecule has 0 saturated carbocycles. The fourth-order valence-corrected chi connectivity index (χ4v) is 2.51. The first kappa shape index (κ1) is 13.4. The Labute approximate surface area is 121 Å². The molecule has 0 radical (unpaired) electrons. The number of hydrogen-bond donors (Lipinski definition) is 1. The van der Waals surface area contributed by atoms with Crippen LogP contribution in [0.1, 0.15) is 25.0 Å². The zero-order valence-electron chi connectivity index (χ0n) is 10.4. The third kappa shape index (κ3) is 2.70. The highest BCUT2D eigenvalue weighted by atomic mass is 79.9. The molecule has 2 aromatic carbocycles. The number of rotatable bonds is 2. The average molecular weight is 325 g/mol. The Bertz CT molecular complexity index is 541. The average Bonchev–Trinajstić information content (AvgIpc) is 2.28. The second-order valence-electron chi connectivity index (χ2n) is 4.91. The van der Waals surface area contributed by atoms with E-state index < -0.39 is 0 Å². The third-order valence-electron chi connectivity index (χ3n) is 3.21. The fourth-order valence-electron chi connectivity index (χ4n) is 2.01. The number of hydrogen-bond acceptors (Lipinski definition) is 1. The Morgan fingerprint density at radius 3 is 2.17 bits per heavy atom. The molecule has 0 saturated heterocycles. The van der Waals surface area contributed by atoms with Gasteiger partial charge in [0.2, 0.25) is 0 Å². The van der Waals surface area contributed by atoms with E-state index in [1.54, 1.807) is 6.07 Å². The van der Waals surface area contributed by atoms with E-state index >= 15 is 0 Å². The summed E-state index contributed by atoms with van der Waals surface area (Å²) in [6, 6.07) is 14.0. The lowest BCUT2D eigenvalue weighted by Gasteiger charge is -2.26. The van der Waals surface area contributed by atoms with Gasteiger partial charge >= 0.3 is 0 Å². The summed E-state index contributed by atoms with van der Waals surface area (Å²) in [6.07, 6.45) is 0. The van der Waals surface area contributed by atoms with Gasteiger partial charge in [-0.15, -0.1) is 0 Å². The van der Waals surface area contributed by atoms with Gasteiger partial charge in [-0.05, 0) is 41.5 Å². The topological polar surface area (TPSA) is 26.0 Å². The Morgan fingerprint density at radius 1 is 1.00 bits per heavy atom. The van der Waals surface area contributed by atoms with Gasteiger partial charge in [0.1, 0.15) is 0 Å². The van der Waals surface area contributed by atoms with Crippen LogP contribution in [-0.2, 0) is 5.41 Å². The van der Waals surface area contributed by atoms with Crippen molar-refractivity contribution >= 4 is 33.2 Å². The van der Waals surface area contributed by atoms with Crippen LogP contribution in [0, 0.1) is 0 Å². The molecule has 0 spiro atoms. The van der Waals surface area contributed by atoms with Crippen LogP contribution in [-0.4, -0.2) is 0 Å². The molecule has 0 aliphatic carbocycles. The molecular formula is C15H15BrClN. The first-order valence-electron chi connectivity index (χ1n) is 5.72. The maximum atomic E-state index is 6.08. The standard InChI is InChI=1S/C15H15BrClN/c1-15(2,10-3-5-12(16)6-4-10)11-7-13(17)9-14(18)8-11/h3-9H,18H2,1-2H3. The minimum Gasteiger partial charge on any atom is -0.399 e. The molecule has 0 aromatic heterocycles. The molecule has 2 aromatic rings. The van der Waals surface area contributed by atoms with Crippen molar-refractivity contribution in [3.63, 3.8) is 0 Å². The Balaban J connectivity index is 2.49. The van der Waals surface area contributed by atoms with Gasteiger partial charge in [-0.3, -0.25) is 0 Å². The molecule has 0 heterocycles. The molecule has 0 bridgehead atoms. The summed E-state index contributed by atoms with van der Waals surface area (Å²) in [5, 5.41) is 0.676. The normalized spacial score (nSPS) is 11.6. The second kappa shape index (κ2) is 4.94. The predicted molar refractivity (Wildman–Crippen MR) is 82.1 cm³/mol. The van der Waals surface area contributed by atoms with E-state index in [1.807, 2.05) is 24.3 Å². The van der Waals surface area contributed by atoms with Crippen molar-refractivity contribution in [1.29, 1.82) is 0 Å². The van der Waals surface area contributed by atoms with Crippen LogP contribution in [0.25, 0.3) is 0 Å². The Kier molecular flexibility index (Phi) is 3.69. The maximum Gasteiger partial charge on any atom is 0.0429 e. The lowest BCUT2D eigenvalue weighted by Crippen LogP contribution is -2.19. The van der Waals surface area contributed by atoms with Crippen molar-refractivity contribution in [2.75, 3.05) is 5.73 Å². The first-order chi connectivity index (χ1) is 8.39. The van der Waals surface area contributed by atoms with Crippen molar-refractivity contribution in [3.05, 3.63) is 63.1 Å². The van der Waals surface area contributed by atoms with Gasteiger partial charge < -0.3 is 5.73 Å². The summed E-state index contributed by atoms with van der Waals surface area (Å²) >= 11 is 9.53. The van der Waals surface area contributed by atoms with Gasteiger partial charge in [0.05, 0.1) is 0 Å². The molecule has 0 aliphatic heterocycles. The third-order valence-corrected chi connectivity index (χ3v) is 3.95. The van der Waals surface area contributed by atoms with E-state index in [0.29, 0.717) is 10.7 Å². The van der Waals surface area contributed by atoms with Crippen LogP contribution in [0.4, 0.5) is 5.69 Å². The predicted octanol–water partition coefficient (Wildman–Crippen LogP) is 5.01. The van der Waals surface area contributed by atoms with Crippen molar-refractivity contribution in [2.45, 2.75) is 19.3 Å². The fraction of sp³-hybridized carbons (Fsp3) is 0.200. The molecule has 0 amide bonds. The zero-order chi connectivity index (χ0) is 13.3. The summed E-state index contributed by atoms with van der Waals surface area (Å²) in [7, 11) is 0. The van der Waals surface area contributed by atoms with E-state index in [0.717, 1.165) is 10.0 Å². The summed E-state index contributed by atoms with van der Waals surface area (Å²) in [4.78, 5) is 0. The van der Waals surface area contributed by atoms with E-state index in [4.69, 9.17) is 17.3 Å². The van der Waals surface area contributed by atoms with Crippen LogP contribution in [0.15, 0.2) is 46.9 Å². The molecule has 94 valence electrons. The monoisotopic (exact) mass is 323 g/mol. The molecule has 3 heteroatoms. The van der Waals surface area contributed by atoms with Gasteiger partial charge in [0.25, 0.3) is 0 Å². The molecule has 0 aliphatic rings. The van der Waals surface area contributed by atoms with Gasteiger partial charge in [0, 0.05) is 20.6 Å². The van der Waals surface area contributed by atoms with Crippen LogP contribution in [0.5, 0.6) is 0 Å². The largest absolute Gasteiger partial charge is 0.399 e. The Hall–Kier alpha value is -0.990.